The summed E-state index contributed by atoms with van der Waals surface area (Å²) in [7, 11) is 0. The van der Waals surface area contributed by atoms with E-state index < -0.39 is 0 Å². The van der Waals surface area contributed by atoms with E-state index in [1.807, 2.05) is 30.3 Å². The molecule has 0 aliphatic carbocycles. The molecular weight excluding hydrogens is 390 g/mol. The van der Waals surface area contributed by atoms with Crippen LogP contribution in [0.4, 0.5) is 0 Å². The van der Waals surface area contributed by atoms with Crippen molar-refractivity contribution < 1.29 is 14.3 Å². The Balaban J connectivity index is 1.36. The van der Waals surface area contributed by atoms with Crippen LogP contribution in [0.3, 0.4) is 0 Å². The van der Waals surface area contributed by atoms with Gasteiger partial charge in [-0.15, -0.1) is 0 Å². The molecule has 1 aliphatic heterocycles. The molecule has 0 bridgehead atoms. The lowest BCUT2D eigenvalue weighted by atomic mass is 9.92. The van der Waals surface area contributed by atoms with E-state index in [4.69, 9.17) is 14.7 Å². The minimum atomic E-state index is -0.136. The fourth-order valence-corrected chi connectivity index (χ4v) is 3.57. The van der Waals surface area contributed by atoms with Crippen LogP contribution in [0.15, 0.2) is 60.8 Å². The third-order valence-electron chi connectivity index (χ3n) is 5.24. The lowest BCUT2D eigenvalue weighted by Gasteiger charge is -2.23. The number of ether oxygens (including phenoxy) is 2. The Kier molecular flexibility index (Phi) is 6.25. The maximum absolute atomic E-state index is 12.6. The lowest BCUT2D eigenvalue weighted by molar-refractivity contribution is 0.0931. The molecular formula is C25H23N3O3. The van der Waals surface area contributed by atoms with Crippen LogP contribution in [0.25, 0.3) is 0 Å². The molecule has 6 nitrogen and oxygen atoms in total. The highest BCUT2D eigenvalue weighted by Gasteiger charge is 2.18. The number of nitriles is 1. The van der Waals surface area contributed by atoms with E-state index in [2.05, 4.69) is 23.3 Å². The maximum atomic E-state index is 12.6. The third kappa shape index (κ3) is 5.08. The summed E-state index contributed by atoms with van der Waals surface area (Å²) in [4.78, 5) is 17.0. The quantitative estimate of drug-likeness (QED) is 0.658. The van der Waals surface area contributed by atoms with Crippen molar-refractivity contribution >= 4 is 5.91 Å². The summed E-state index contributed by atoms with van der Waals surface area (Å²) >= 11 is 0. The number of nitrogens with zero attached hydrogens (tertiary/aromatic N) is 2. The van der Waals surface area contributed by atoms with Gasteiger partial charge >= 0.3 is 0 Å². The number of aromatic nitrogens is 1. The van der Waals surface area contributed by atoms with E-state index in [1.54, 1.807) is 30.5 Å². The number of carbonyl (C=O) groups is 1. The molecule has 1 aliphatic rings. The average molecular weight is 413 g/mol. The SMILES string of the molecule is CC1COCc2ccc(C(=O)NCc3cc(OCc4cccc(C#N)c4)ccn3)cc21. The first-order chi connectivity index (χ1) is 15.1. The molecule has 0 spiro atoms. The number of hydrogen-bond donors (Lipinski definition) is 1. The highest BCUT2D eigenvalue weighted by Crippen LogP contribution is 2.27. The largest absolute Gasteiger partial charge is 0.489 e. The van der Waals surface area contributed by atoms with Crippen molar-refractivity contribution in [2.45, 2.75) is 32.6 Å². The number of pyridine rings is 1. The summed E-state index contributed by atoms with van der Waals surface area (Å²) in [6.45, 7) is 4.03. The van der Waals surface area contributed by atoms with Crippen molar-refractivity contribution in [1.29, 1.82) is 5.26 Å². The van der Waals surface area contributed by atoms with Gasteiger partial charge in [-0.2, -0.15) is 5.26 Å². The molecule has 1 unspecified atom stereocenters. The monoisotopic (exact) mass is 413 g/mol. The Morgan fingerprint density at radius 2 is 2.16 bits per heavy atom. The van der Waals surface area contributed by atoms with E-state index in [1.165, 1.54) is 5.56 Å². The highest BCUT2D eigenvalue weighted by molar-refractivity contribution is 5.94. The Hall–Kier alpha value is -3.69. The first-order valence-corrected chi connectivity index (χ1v) is 10.2. The van der Waals surface area contributed by atoms with Crippen LogP contribution in [-0.4, -0.2) is 17.5 Å². The smallest absolute Gasteiger partial charge is 0.251 e. The Morgan fingerprint density at radius 1 is 1.26 bits per heavy atom. The topological polar surface area (TPSA) is 84.2 Å². The number of carbonyl (C=O) groups excluding carboxylic acids is 1. The molecule has 0 saturated heterocycles. The predicted octanol–water partition coefficient (Wildman–Crippen LogP) is 4.10. The van der Waals surface area contributed by atoms with Gasteiger partial charge in [0.2, 0.25) is 0 Å². The first kappa shape index (κ1) is 20.6. The van der Waals surface area contributed by atoms with Crippen molar-refractivity contribution in [2.75, 3.05) is 6.61 Å². The van der Waals surface area contributed by atoms with Crippen molar-refractivity contribution in [3.05, 3.63) is 94.3 Å². The molecule has 1 atom stereocenters. The van der Waals surface area contributed by atoms with Gasteiger partial charge in [-0.3, -0.25) is 9.78 Å². The van der Waals surface area contributed by atoms with Gasteiger partial charge in [-0.05, 0) is 47.0 Å². The van der Waals surface area contributed by atoms with E-state index in [-0.39, 0.29) is 11.8 Å². The van der Waals surface area contributed by atoms with Crippen molar-refractivity contribution in [2.24, 2.45) is 0 Å². The van der Waals surface area contributed by atoms with Crippen LogP contribution in [0.5, 0.6) is 5.75 Å². The number of hydrogen-bond acceptors (Lipinski definition) is 5. The fourth-order valence-electron chi connectivity index (χ4n) is 3.57. The fraction of sp³-hybridized carbons (Fsp3) is 0.240. The van der Waals surface area contributed by atoms with Gasteiger partial charge in [0.05, 0.1) is 37.1 Å². The van der Waals surface area contributed by atoms with Crippen molar-refractivity contribution in [1.82, 2.24) is 10.3 Å². The zero-order chi connectivity index (χ0) is 21.6. The Bertz CT molecular complexity index is 1140. The number of nitrogens with one attached hydrogen (secondary N) is 1. The van der Waals surface area contributed by atoms with Gasteiger partial charge in [0, 0.05) is 23.7 Å². The van der Waals surface area contributed by atoms with Crippen molar-refractivity contribution in [3.63, 3.8) is 0 Å². The Morgan fingerprint density at radius 3 is 3.03 bits per heavy atom. The standard InChI is InChI=1S/C25H23N3O3/c1-17-14-30-16-21-6-5-20(10-24(17)21)25(29)28-13-22-11-23(7-8-27-22)31-15-19-4-2-3-18(9-19)12-26/h2-11,17H,13-16H2,1H3,(H,28,29). The molecule has 1 N–H and O–H groups in total. The van der Waals surface area contributed by atoms with E-state index in [9.17, 15) is 4.79 Å². The van der Waals surface area contributed by atoms with Crippen molar-refractivity contribution in [3.8, 4) is 11.8 Å². The molecule has 6 heteroatoms. The van der Waals surface area contributed by atoms with Crippen LogP contribution in [-0.2, 0) is 24.5 Å². The maximum Gasteiger partial charge on any atom is 0.251 e. The molecule has 0 radical (unpaired) electrons. The summed E-state index contributed by atoms with van der Waals surface area (Å²) in [5.74, 6) is 0.799. The second-order valence-corrected chi connectivity index (χ2v) is 7.60. The van der Waals surface area contributed by atoms with Gasteiger partial charge < -0.3 is 14.8 Å². The van der Waals surface area contributed by atoms with Crippen LogP contribution < -0.4 is 10.1 Å². The second-order valence-electron chi connectivity index (χ2n) is 7.60. The molecule has 31 heavy (non-hydrogen) atoms. The Labute approximate surface area is 181 Å². The molecule has 0 fully saturated rings. The van der Waals surface area contributed by atoms with Gasteiger partial charge in [-0.1, -0.05) is 25.1 Å². The molecule has 3 aromatic rings. The number of amides is 1. The van der Waals surface area contributed by atoms with E-state index in [0.717, 1.165) is 11.1 Å². The first-order valence-electron chi connectivity index (χ1n) is 10.2. The van der Waals surface area contributed by atoms with Gasteiger partial charge in [0.1, 0.15) is 12.4 Å². The second kappa shape index (κ2) is 9.41. The zero-order valence-electron chi connectivity index (χ0n) is 17.3. The molecule has 1 amide bonds. The normalized spacial score (nSPS) is 14.9. The minimum Gasteiger partial charge on any atom is -0.489 e. The van der Waals surface area contributed by atoms with Crippen LogP contribution in [0.1, 0.15) is 51.1 Å². The number of fused-ring (bicyclic) bond motifs is 1. The zero-order valence-corrected chi connectivity index (χ0v) is 17.3. The number of benzene rings is 2. The summed E-state index contributed by atoms with van der Waals surface area (Å²) in [5, 5.41) is 11.9. The molecule has 2 heterocycles. The lowest BCUT2D eigenvalue weighted by Crippen LogP contribution is -2.24. The van der Waals surface area contributed by atoms with Gasteiger partial charge in [-0.25, -0.2) is 0 Å². The predicted molar refractivity (Wildman–Crippen MR) is 115 cm³/mol. The summed E-state index contributed by atoms with van der Waals surface area (Å²) in [5.41, 5.74) is 5.17. The number of rotatable bonds is 6. The van der Waals surface area contributed by atoms with Crippen LogP contribution >= 0.6 is 0 Å². The molecule has 1 aromatic heterocycles. The van der Waals surface area contributed by atoms with E-state index >= 15 is 0 Å². The highest BCUT2D eigenvalue weighted by atomic mass is 16.5. The molecule has 0 saturated carbocycles. The van der Waals surface area contributed by atoms with Crippen LogP contribution in [0.2, 0.25) is 0 Å². The average Bonchev–Trinajstić information content (AvgIpc) is 2.82. The minimum absolute atomic E-state index is 0.136. The van der Waals surface area contributed by atoms with E-state index in [0.29, 0.717) is 48.9 Å². The third-order valence-corrected chi connectivity index (χ3v) is 5.24. The summed E-state index contributed by atoms with van der Waals surface area (Å²) < 4.78 is 11.4. The van der Waals surface area contributed by atoms with Crippen LogP contribution in [0, 0.1) is 11.3 Å². The van der Waals surface area contributed by atoms with Gasteiger partial charge in [0.25, 0.3) is 5.91 Å². The molecule has 4 rings (SSSR count). The molecule has 2 aromatic carbocycles. The summed E-state index contributed by atoms with van der Waals surface area (Å²) in [6, 6.07) is 18.8. The molecule has 156 valence electrons. The van der Waals surface area contributed by atoms with Gasteiger partial charge in [0.15, 0.2) is 0 Å². The summed E-state index contributed by atoms with van der Waals surface area (Å²) in [6.07, 6.45) is 1.66.